The lowest BCUT2D eigenvalue weighted by atomic mass is 10.1. The van der Waals surface area contributed by atoms with Crippen molar-refractivity contribution >= 4 is 17.7 Å². The SMILES string of the molecule is Cc1cnc(CNc2nc(N)nc3c2CCN(C(=O)CO)CC3)cn1. The van der Waals surface area contributed by atoms with Crippen LogP contribution in [0.3, 0.4) is 0 Å². The Kier molecular flexibility index (Phi) is 5.03. The monoisotopic (exact) mass is 343 g/mol. The van der Waals surface area contributed by atoms with Crippen LogP contribution in [0.4, 0.5) is 11.8 Å². The highest BCUT2D eigenvalue weighted by Gasteiger charge is 2.22. The highest BCUT2D eigenvalue weighted by Crippen LogP contribution is 2.22. The molecular formula is C16H21N7O2. The summed E-state index contributed by atoms with van der Waals surface area (Å²) in [5, 5.41) is 12.3. The zero-order valence-electron chi connectivity index (χ0n) is 14.1. The lowest BCUT2D eigenvalue weighted by Gasteiger charge is -2.18. The van der Waals surface area contributed by atoms with Gasteiger partial charge in [-0.1, -0.05) is 0 Å². The van der Waals surface area contributed by atoms with Crippen LogP contribution in [0.1, 0.15) is 22.6 Å². The van der Waals surface area contributed by atoms with Crippen molar-refractivity contribution in [2.24, 2.45) is 0 Å². The van der Waals surface area contributed by atoms with Gasteiger partial charge in [-0.15, -0.1) is 0 Å². The molecule has 0 unspecified atom stereocenters. The van der Waals surface area contributed by atoms with Crippen molar-refractivity contribution in [2.45, 2.75) is 26.3 Å². The van der Waals surface area contributed by atoms with E-state index in [2.05, 4.69) is 25.3 Å². The summed E-state index contributed by atoms with van der Waals surface area (Å²) < 4.78 is 0. The first-order valence-corrected chi connectivity index (χ1v) is 8.12. The van der Waals surface area contributed by atoms with Crippen molar-refractivity contribution < 1.29 is 9.90 Å². The van der Waals surface area contributed by atoms with Gasteiger partial charge in [-0.2, -0.15) is 4.98 Å². The van der Waals surface area contributed by atoms with Gasteiger partial charge in [0, 0.05) is 31.3 Å². The number of rotatable bonds is 4. The van der Waals surface area contributed by atoms with E-state index in [9.17, 15) is 4.79 Å². The summed E-state index contributed by atoms with van der Waals surface area (Å²) in [6.45, 7) is 2.88. The number of carbonyl (C=O) groups excluding carboxylic acids is 1. The largest absolute Gasteiger partial charge is 0.387 e. The number of hydrogen-bond donors (Lipinski definition) is 3. The van der Waals surface area contributed by atoms with Gasteiger partial charge >= 0.3 is 0 Å². The van der Waals surface area contributed by atoms with Crippen LogP contribution in [-0.4, -0.2) is 55.5 Å². The number of carbonyl (C=O) groups is 1. The van der Waals surface area contributed by atoms with E-state index in [1.165, 1.54) is 0 Å². The number of aromatic nitrogens is 4. The number of amides is 1. The minimum atomic E-state index is -0.485. The van der Waals surface area contributed by atoms with Gasteiger partial charge in [-0.25, -0.2) is 4.98 Å². The maximum atomic E-state index is 11.7. The van der Waals surface area contributed by atoms with E-state index < -0.39 is 6.61 Å². The Morgan fingerprint density at radius 2 is 2.08 bits per heavy atom. The molecule has 0 aromatic carbocycles. The van der Waals surface area contributed by atoms with Crippen molar-refractivity contribution in [1.82, 2.24) is 24.8 Å². The van der Waals surface area contributed by atoms with Gasteiger partial charge in [0.2, 0.25) is 11.9 Å². The number of aliphatic hydroxyl groups is 1. The molecule has 132 valence electrons. The summed E-state index contributed by atoms with van der Waals surface area (Å²) in [4.78, 5) is 30.5. The second-order valence-corrected chi connectivity index (χ2v) is 5.90. The van der Waals surface area contributed by atoms with Crippen LogP contribution in [0, 0.1) is 6.92 Å². The van der Waals surface area contributed by atoms with Crippen molar-refractivity contribution in [1.29, 1.82) is 0 Å². The Balaban J connectivity index is 1.78. The van der Waals surface area contributed by atoms with Crippen molar-refractivity contribution in [2.75, 3.05) is 30.7 Å². The second kappa shape index (κ2) is 7.39. The third-order valence-corrected chi connectivity index (χ3v) is 4.12. The first kappa shape index (κ1) is 17.0. The smallest absolute Gasteiger partial charge is 0.248 e. The van der Waals surface area contributed by atoms with Gasteiger partial charge in [0.25, 0.3) is 0 Å². The molecule has 0 spiro atoms. The first-order chi connectivity index (χ1) is 12.1. The average Bonchev–Trinajstić information content (AvgIpc) is 2.83. The van der Waals surface area contributed by atoms with E-state index in [1.54, 1.807) is 17.3 Å². The summed E-state index contributed by atoms with van der Waals surface area (Å²) in [7, 11) is 0. The fourth-order valence-corrected chi connectivity index (χ4v) is 2.80. The molecule has 2 aromatic heterocycles. The number of nitrogens with two attached hydrogens (primary N) is 1. The molecule has 0 bridgehead atoms. The van der Waals surface area contributed by atoms with Crippen LogP contribution in [-0.2, 0) is 24.2 Å². The molecule has 0 saturated carbocycles. The maximum absolute atomic E-state index is 11.7. The molecule has 2 aromatic rings. The fraction of sp³-hybridized carbons (Fsp3) is 0.438. The number of hydrogen-bond acceptors (Lipinski definition) is 8. The van der Waals surface area contributed by atoms with Crippen LogP contribution >= 0.6 is 0 Å². The third-order valence-electron chi connectivity index (χ3n) is 4.12. The number of fused-ring (bicyclic) bond motifs is 1. The molecule has 9 nitrogen and oxygen atoms in total. The quantitative estimate of drug-likeness (QED) is 0.689. The lowest BCUT2D eigenvalue weighted by Crippen LogP contribution is -2.35. The number of nitrogens with one attached hydrogen (secondary N) is 1. The average molecular weight is 343 g/mol. The topological polar surface area (TPSA) is 130 Å². The van der Waals surface area contributed by atoms with Crippen LogP contribution in [0.25, 0.3) is 0 Å². The van der Waals surface area contributed by atoms with E-state index in [0.29, 0.717) is 38.3 Å². The summed E-state index contributed by atoms with van der Waals surface area (Å²) >= 11 is 0. The Labute approximate surface area is 145 Å². The van der Waals surface area contributed by atoms with Crippen molar-refractivity contribution in [3.05, 3.63) is 35.0 Å². The van der Waals surface area contributed by atoms with Crippen LogP contribution in [0.15, 0.2) is 12.4 Å². The van der Waals surface area contributed by atoms with E-state index in [-0.39, 0.29) is 11.9 Å². The van der Waals surface area contributed by atoms with Gasteiger partial charge in [0.15, 0.2) is 0 Å². The zero-order valence-corrected chi connectivity index (χ0v) is 14.1. The molecule has 9 heteroatoms. The third kappa shape index (κ3) is 4.00. The molecule has 3 rings (SSSR count). The molecule has 3 heterocycles. The summed E-state index contributed by atoms with van der Waals surface area (Å²) in [5.74, 6) is 0.569. The molecule has 0 aliphatic carbocycles. The molecule has 0 saturated heterocycles. The highest BCUT2D eigenvalue weighted by atomic mass is 16.3. The van der Waals surface area contributed by atoms with Crippen molar-refractivity contribution in [3.63, 3.8) is 0 Å². The summed E-state index contributed by atoms with van der Waals surface area (Å²) in [6, 6.07) is 0. The lowest BCUT2D eigenvalue weighted by molar-refractivity contribution is -0.134. The fourth-order valence-electron chi connectivity index (χ4n) is 2.80. The molecule has 0 atom stereocenters. The molecule has 25 heavy (non-hydrogen) atoms. The standard InChI is InChI=1S/C16H21N7O2/c1-10-6-19-11(7-18-10)8-20-15-12-2-4-23(14(25)9-24)5-3-13(12)21-16(17)22-15/h6-7,24H,2-5,8-9H2,1H3,(H3,17,20,21,22). The number of anilines is 2. The van der Waals surface area contributed by atoms with Gasteiger partial charge in [0.1, 0.15) is 12.4 Å². The predicted octanol–water partition coefficient (Wildman–Crippen LogP) is -0.311. The van der Waals surface area contributed by atoms with Crippen LogP contribution < -0.4 is 11.1 Å². The second-order valence-electron chi connectivity index (χ2n) is 5.90. The van der Waals surface area contributed by atoms with Crippen molar-refractivity contribution in [3.8, 4) is 0 Å². The van der Waals surface area contributed by atoms with E-state index >= 15 is 0 Å². The van der Waals surface area contributed by atoms with Crippen LogP contribution in [0.5, 0.6) is 0 Å². The molecule has 1 amide bonds. The summed E-state index contributed by atoms with van der Waals surface area (Å²) in [5.41, 5.74) is 9.26. The molecule has 0 radical (unpaired) electrons. The molecular weight excluding hydrogens is 322 g/mol. The van der Waals surface area contributed by atoms with Gasteiger partial charge < -0.3 is 21.1 Å². The number of nitrogen functional groups attached to an aromatic ring is 1. The Hall–Kier alpha value is -2.81. The Morgan fingerprint density at radius 3 is 2.80 bits per heavy atom. The molecule has 0 fully saturated rings. The summed E-state index contributed by atoms with van der Waals surface area (Å²) in [6.07, 6.45) is 4.60. The zero-order chi connectivity index (χ0) is 17.8. The minimum Gasteiger partial charge on any atom is -0.387 e. The Bertz CT molecular complexity index is 764. The Morgan fingerprint density at radius 1 is 1.28 bits per heavy atom. The van der Waals surface area contributed by atoms with Gasteiger partial charge in [-0.3, -0.25) is 14.8 Å². The molecule has 1 aliphatic heterocycles. The number of nitrogens with zero attached hydrogens (tertiary/aromatic N) is 5. The maximum Gasteiger partial charge on any atom is 0.248 e. The number of aliphatic hydroxyl groups excluding tert-OH is 1. The minimum absolute atomic E-state index is 0.193. The normalized spacial score (nSPS) is 13.9. The molecule has 1 aliphatic rings. The van der Waals surface area contributed by atoms with E-state index in [1.807, 2.05) is 6.92 Å². The predicted molar refractivity (Wildman–Crippen MR) is 91.6 cm³/mol. The van der Waals surface area contributed by atoms with Gasteiger partial charge in [-0.05, 0) is 13.3 Å². The first-order valence-electron chi connectivity index (χ1n) is 8.12. The van der Waals surface area contributed by atoms with Gasteiger partial charge in [0.05, 0.1) is 29.8 Å². The van der Waals surface area contributed by atoms with E-state index in [4.69, 9.17) is 10.8 Å². The van der Waals surface area contributed by atoms with E-state index in [0.717, 1.165) is 22.6 Å². The molecule has 4 N–H and O–H groups in total. The number of aryl methyl sites for hydroxylation is 1. The highest BCUT2D eigenvalue weighted by molar-refractivity contribution is 5.77. The van der Waals surface area contributed by atoms with Crippen LogP contribution in [0.2, 0.25) is 0 Å².